The minimum atomic E-state index is -0.246. The quantitative estimate of drug-likeness (QED) is 0.444. The molecule has 0 fully saturated rings. The lowest BCUT2D eigenvalue weighted by atomic mass is 10.1. The van der Waals surface area contributed by atoms with Gasteiger partial charge in [0, 0.05) is 28.2 Å². The maximum atomic E-state index is 13.0. The largest absolute Gasteiger partial charge is 0.338 e. The summed E-state index contributed by atoms with van der Waals surface area (Å²) in [5, 5.41) is 5.86. The van der Waals surface area contributed by atoms with Gasteiger partial charge in [-0.3, -0.25) is 9.59 Å². The van der Waals surface area contributed by atoms with Gasteiger partial charge < -0.3 is 15.6 Å². The van der Waals surface area contributed by atoms with Crippen LogP contribution in [0.4, 0.5) is 11.4 Å². The highest BCUT2D eigenvalue weighted by Crippen LogP contribution is 2.32. The number of aromatic amines is 1. The maximum Gasteiger partial charge on any atom is 0.255 e. The number of hydrogen-bond donors (Lipinski definition) is 3. The predicted octanol–water partition coefficient (Wildman–Crippen LogP) is 4.92. The minimum Gasteiger partial charge on any atom is -0.338 e. The van der Waals surface area contributed by atoms with E-state index >= 15 is 0 Å². The molecule has 0 unspecified atom stereocenters. The lowest BCUT2D eigenvalue weighted by Gasteiger charge is -2.12. The molecule has 30 heavy (non-hydrogen) atoms. The van der Waals surface area contributed by atoms with Gasteiger partial charge in [-0.2, -0.15) is 0 Å². The van der Waals surface area contributed by atoms with E-state index in [9.17, 15) is 9.59 Å². The summed E-state index contributed by atoms with van der Waals surface area (Å²) >= 11 is 1.61. The van der Waals surface area contributed by atoms with E-state index in [4.69, 9.17) is 0 Å². The number of amides is 2. The molecule has 0 aliphatic carbocycles. The summed E-state index contributed by atoms with van der Waals surface area (Å²) in [7, 11) is 0. The van der Waals surface area contributed by atoms with Crippen molar-refractivity contribution in [3.63, 3.8) is 0 Å². The molecule has 0 bridgehead atoms. The lowest BCUT2D eigenvalue weighted by molar-refractivity contribution is -0.115. The average Bonchev–Trinajstić information content (AvgIpc) is 3.09. The Kier molecular flexibility index (Phi) is 4.72. The number of nitrogens with one attached hydrogen (secondary N) is 3. The van der Waals surface area contributed by atoms with Crippen molar-refractivity contribution in [2.75, 3.05) is 16.4 Å². The van der Waals surface area contributed by atoms with Crippen LogP contribution in [0.5, 0.6) is 0 Å². The second kappa shape index (κ2) is 7.68. The second-order valence-electron chi connectivity index (χ2n) is 6.96. The van der Waals surface area contributed by atoms with Crippen LogP contribution < -0.4 is 10.6 Å². The smallest absolute Gasteiger partial charge is 0.255 e. The number of benzene rings is 3. The van der Waals surface area contributed by atoms with E-state index in [0.717, 1.165) is 27.2 Å². The van der Waals surface area contributed by atoms with E-state index in [1.54, 1.807) is 23.9 Å². The van der Waals surface area contributed by atoms with Crippen LogP contribution in [0.1, 0.15) is 16.8 Å². The molecule has 3 N–H and O–H groups in total. The lowest BCUT2D eigenvalue weighted by Crippen LogP contribution is -2.14. The summed E-state index contributed by atoms with van der Waals surface area (Å²) in [6.45, 7) is 0. The molecule has 0 saturated carbocycles. The van der Waals surface area contributed by atoms with Gasteiger partial charge in [0.05, 0.1) is 22.4 Å². The van der Waals surface area contributed by atoms with Crippen LogP contribution in [0.2, 0.25) is 0 Å². The van der Waals surface area contributed by atoms with E-state index in [0.29, 0.717) is 29.2 Å². The third-order valence-electron chi connectivity index (χ3n) is 4.92. The Morgan fingerprint density at radius 3 is 2.77 bits per heavy atom. The first-order chi connectivity index (χ1) is 14.7. The van der Waals surface area contributed by atoms with E-state index in [-0.39, 0.29) is 11.8 Å². The van der Waals surface area contributed by atoms with Gasteiger partial charge in [-0.05, 0) is 42.5 Å². The highest BCUT2D eigenvalue weighted by Gasteiger charge is 2.17. The molecule has 0 atom stereocenters. The molecule has 0 radical (unpaired) electrons. The summed E-state index contributed by atoms with van der Waals surface area (Å²) in [5.41, 5.74) is 4.44. The second-order valence-corrected chi connectivity index (χ2v) is 8.10. The number of hydrogen-bond acceptors (Lipinski definition) is 4. The fourth-order valence-corrected chi connectivity index (χ4v) is 4.37. The van der Waals surface area contributed by atoms with Crippen molar-refractivity contribution in [2.45, 2.75) is 11.3 Å². The number of fused-ring (bicyclic) bond motifs is 2. The molecule has 1 aromatic heterocycles. The van der Waals surface area contributed by atoms with Gasteiger partial charge >= 0.3 is 0 Å². The zero-order valence-electron chi connectivity index (χ0n) is 15.9. The fraction of sp³-hybridized carbons (Fsp3) is 0.0870. The van der Waals surface area contributed by atoms with Gasteiger partial charge in [-0.25, -0.2) is 4.98 Å². The van der Waals surface area contributed by atoms with E-state index in [1.807, 2.05) is 54.6 Å². The molecule has 4 aromatic rings. The molecule has 6 nitrogen and oxygen atoms in total. The molecule has 1 aliphatic heterocycles. The van der Waals surface area contributed by atoms with Crippen molar-refractivity contribution >= 4 is 46.0 Å². The molecular formula is C23H18N4O2S. The van der Waals surface area contributed by atoms with Gasteiger partial charge in [0.15, 0.2) is 0 Å². The van der Waals surface area contributed by atoms with Crippen LogP contribution >= 0.6 is 11.8 Å². The van der Waals surface area contributed by atoms with Crippen molar-refractivity contribution in [1.29, 1.82) is 0 Å². The van der Waals surface area contributed by atoms with E-state index < -0.39 is 0 Å². The Morgan fingerprint density at radius 2 is 1.87 bits per heavy atom. The third kappa shape index (κ3) is 3.55. The molecule has 7 heteroatoms. The van der Waals surface area contributed by atoms with Crippen molar-refractivity contribution in [1.82, 2.24) is 9.97 Å². The molecular weight excluding hydrogens is 396 g/mol. The van der Waals surface area contributed by atoms with Crippen LogP contribution in [0, 0.1) is 0 Å². The topological polar surface area (TPSA) is 86.9 Å². The van der Waals surface area contributed by atoms with Gasteiger partial charge in [0.2, 0.25) is 5.91 Å². The summed E-state index contributed by atoms with van der Waals surface area (Å²) in [5.74, 6) is 1.14. The SMILES string of the molecule is O=C1CCSc2ccc(C(=O)Nc3ccccc3-c3nc4ccccc4[nH]3)cc2N1. The van der Waals surface area contributed by atoms with Gasteiger partial charge in [0.1, 0.15) is 5.82 Å². The van der Waals surface area contributed by atoms with E-state index in [2.05, 4.69) is 20.6 Å². The molecule has 148 valence electrons. The molecule has 3 aromatic carbocycles. The Balaban J connectivity index is 1.45. The monoisotopic (exact) mass is 414 g/mol. The minimum absolute atomic E-state index is 0.0333. The molecule has 1 aliphatic rings. The Labute approximate surface area is 177 Å². The molecule has 2 amide bonds. The predicted molar refractivity (Wildman–Crippen MR) is 120 cm³/mol. The third-order valence-corrected chi connectivity index (χ3v) is 6.00. The van der Waals surface area contributed by atoms with Crippen LogP contribution in [0.25, 0.3) is 22.4 Å². The van der Waals surface area contributed by atoms with Gasteiger partial charge in [-0.1, -0.05) is 24.3 Å². The van der Waals surface area contributed by atoms with Crippen LogP contribution in [-0.4, -0.2) is 27.5 Å². The molecule has 0 spiro atoms. The van der Waals surface area contributed by atoms with Crippen LogP contribution in [0.15, 0.2) is 71.6 Å². The number of aromatic nitrogens is 2. The van der Waals surface area contributed by atoms with Crippen molar-refractivity contribution in [3.05, 3.63) is 72.3 Å². The number of imidazole rings is 1. The number of rotatable bonds is 3. The molecule has 2 heterocycles. The van der Waals surface area contributed by atoms with Gasteiger partial charge in [0.25, 0.3) is 5.91 Å². The first kappa shape index (κ1) is 18.4. The Bertz CT molecular complexity index is 1250. The maximum absolute atomic E-state index is 13.0. The first-order valence-electron chi connectivity index (χ1n) is 9.59. The summed E-state index contributed by atoms with van der Waals surface area (Å²) < 4.78 is 0. The van der Waals surface area contributed by atoms with Crippen molar-refractivity contribution in [2.24, 2.45) is 0 Å². The number of anilines is 2. The van der Waals surface area contributed by atoms with Crippen LogP contribution in [-0.2, 0) is 4.79 Å². The highest BCUT2D eigenvalue weighted by molar-refractivity contribution is 7.99. The zero-order valence-corrected chi connectivity index (χ0v) is 16.8. The van der Waals surface area contributed by atoms with Crippen molar-refractivity contribution in [3.8, 4) is 11.4 Å². The number of H-pyrrole nitrogens is 1. The van der Waals surface area contributed by atoms with Crippen LogP contribution in [0.3, 0.4) is 0 Å². The number of para-hydroxylation sites is 3. The fourth-order valence-electron chi connectivity index (χ4n) is 3.43. The first-order valence-corrected chi connectivity index (χ1v) is 10.6. The molecule has 5 rings (SSSR count). The van der Waals surface area contributed by atoms with Crippen molar-refractivity contribution < 1.29 is 9.59 Å². The number of carbonyl (C=O) groups excluding carboxylic acids is 2. The summed E-state index contributed by atoms with van der Waals surface area (Å²) in [4.78, 5) is 33.7. The summed E-state index contributed by atoms with van der Waals surface area (Å²) in [6, 6.07) is 20.7. The summed E-state index contributed by atoms with van der Waals surface area (Å²) in [6.07, 6.45) is 0.464. The van der Waals surface area contributed by atoms with Gasteiger partial charge in [-0.15, -0.1) is 11.8 Å². The number of carbonyl (C=O) groups is 2. The molecule has 0 saturated heterocycles. The number of thioether (sulfide) groups is 1. The Hall–Kier alpha value is -3.58. The van der Waals surface area contributed by atoms with E-state index in [1.165, 1.54) is 0 Å². The zero-order chi connectivity index (χ0) is 20.5. The normalized spacial score (nSPS) is 13.4. The average molecular weight is 414 g/mol. The highest BCUT2D eigenvalue weighted by atomic mass is 32.2. The Morgan fingerprint density at radius 1 is 1.03 bits per heavy atom. The number of nitrogens with zero attached hydrogens (tertiary/aromatic N) is 1. The standard InChI is InChI=1S/C23H18N4O2S/c28-21-11-12-30-20-10-9-14(13-19(20)24-21)23(29)27-16-6-2-1-5-15(16)22-25-17-7-3-4-8-18(17)26-22/h1-10,13H,11-12H2,(H,24,28)(H,25,26)(H,27,29).